The molecule has 1 saturated heterocycles. The van der Waals surface area contributed by atoms with Crippen molar-refractivity contribution in [1.82, 2.24) is 15.2 Å². The van der Waals surface area contributed by atoms with Gasteiger partial charge in [0.15, 0.2) is 6.61 Å². The van der Waals surface area contributed by atoms with Crippen molar-refractivity contribution in [3.8, 4) is 0 Å². The third-order valence-electron chi connectivity index (χ3n) is 4.49. The Morgan fingerprint density at radius 1 is 1.31 bits per heavy atom. The maximum Gasteiger partial charge on any atom is 0.339 e. The summed E-state index contributed by atoms with van der Waals surface area (Å²) in [6, 6.07) is 6.39. The van der Waals surface area contributed by atoms with Crippen LogP contribution in [0.1, 0.15) is 34.8 Å². The number of imide groups is 1. The molecule has 1 saturated carbocycles. The zero-order valence-corrected chi connectivity index (χ0v) is 14.6. The van der Waals surface area contributed by atoms with Gasteiger partial charge in [-0.3, -0.25) is 14.7 Å². The maximum absolute atomic E-state index is 12.6. The van der Waals surface area contributed by atoms with Crippen molar-refractivity contribution >= 4 is 40.4 Å². The number of hydrogen-bond donors (Lipinski definition) is 1. The highest BCUT2D eigenvalue weighted by Gasteiger charge is 2.29. The predicted octanol–water partition coefficient (Wildman–Crippen LogP) is 2.47. The molecule has 8 heteroatoms. The van der Waals surface area contributed by atoms with Gasteiger partial charge in [0, 0.05) is 35.1 Å². The summed E-state index contributed by atoms with van der Waals surface area (Å²) in [6.45, 7) is 0.182. The molecule has 0 unspecified atom stereocenters. The fraction of sp³-hybridized carbons (Fsp3) is 0.333. The fourth-order valence-electron chi connectivity index (χ4n) is 2.97. The molecule has 2 heterocycles. The Hall–Kier alpha value is -2.67. The van der Waals surface area contributed by atoms with E-state index in [0.29, 0.717) is 34.0 Å². The number of carbonyl (C=O) groups is 3. The molecule has 2 aromatic rings. The number of urea groups is 1. The van der Waals surface area contributed by atoms with Gasteiger partial charge < -0.3 is 10.1 Å². The Labute approximate surface area is 154 Å². The van der Waals surface area contributed by atoms with E-state index in [2.05, 4.69) is 10.3 Å². The number of amides is 3. The summed E-state index contributed by atoms with van der Waals surface area (Å²) in [6.07, 6.45) is 2.09. The fourth-order valence-corrected chi connectivity index (χ4v) is 3.14. The van der Waals surface area contributed by atoms with E-state index in [0.717, 1.165) is 23.4 Å². The minimum atomic E-state index is -0.630. The van der Waals surface area contributed by atoms with Crippen molar-refractivity contribution in [2.24, 2.45) is 0 Å². The van der Waals surface area contributed by atoms with Crippen molar-refractivity contribution in [1.29, 1.82) is 0 Å². The third kappa shape index (κ3) is 3.22. The first-order chi connectivity index (χ1) is 12.5. The zero-order chi connectivity index (χ0) is 18.3. The minimum Gasteiger partial charge on any atom is -0.452 e. The molecular formula is C18H16ClN3O4. The lowest BCUT2D eigenvalue weighted by Crippen LogP contribution is -2.37. The summed E-state index contributed by atoms with van der Waals surface area (Å²) in [5, 5.41) is 3.60. The number of fused-ring (bicyclic) bond motifs is 1. The van der Waals surface area contributed by atoms with Crippen LogP contribution in [0.5, 0.6) is 0 Å². The smallest absolute Gasteiger partial charge is 0.339 e. The average Bonchev–Trinajstić information content (AvgIpc) is 3.39. The molecule has 1 N–H and O–H groups in total. The molecule has 0 bridgehead atoms. The number of pyridine rings is 1. The van der Waals surface area contributed by atoms with Gasteiger partial charge in [0.1, 0.15) is 0 Å². The lowest BCUT2D eigenvalue weighted by atomic mass is 10.1. The molecule has 1 aromatic carbocycles. The third-order valence-corrected chi connectivity index (χ3v) is 4.73. The van der Waals surface area contributed by atoms with Gasteiger partial charge >= 0.3 is 12.0 Å². The number of halogens is 1. The maximum atomic E-state index is 12.6. The average molecular weight is 374 g/mol. The lowest BCUT2D eigenvalue weighted by Gasteiger charge is -2.13. The number of hydrogen-bond acceptors (Lipinski definition) is 5. The highest BCUT2D eigenvalue weighted by molar-refractivity contribution is 6.31. The van der Waals surface area contributed by atoms with Crippen LogP contribution in [0.4, 0.5) is 4.79 Å². The van der Waals surface area contributed by atoms with Crippen molar-refractivity contribution in [3.05, 3.63) is 40.5 Å². The molecular weight excluding hydrogens is 358 g/mol. The zero-order valence-electron chi connectivity index (χ0n) is 13.8. The summed E-state index contributed by atoms with van der Waals surface area (Å²) < 4.78 is 5.17. The highest BCUT2D eigenvalue weighted by Crippen LogP contribution is 2.40. The summed E-state index contributed by atoms with van der Waals surface area (Å²) in [4.78, 5) is 41.8. The Balaban J connectivity index is 1.58. The first kappa shape index (κ1) is 16.8. The molecule has 1 aromatic heterocycles. The summed E-state index contributed by atoms with van der Waals surface area (Å²) in [5.41, 5.74) is 1.84. The molecule has 2 fully saturated rings. The second-order valence-electron chi connectivity index (χ2n) is 6.38. The Morgan fingerprint density at radius 2 is 2.12 bits per heavy atom. The molecule has 4 rings (SSSR count). The van der Waals surface area contributed by atoms with Gasteiger partial charge in [-0.05, 0) is 37.1 Å². The normalized spacial score (nSPS) is 16.7. The van der Waals surface area contributed by atoms with Gasteiger partial charge in [-0.1, -0.05) is 11.6 Å². The van der Waals surface area contributed by atoms with Gasteiger partial charge in [-0.2, -0.15) is 0 Å². The summed E-state index contributed by atoms with van der Waals surface area (Å²) in [5.74, 6) is -0.821. The molecule has 1 aliphatic heterocycles. The number of carbonyl (C=O) groups excluding carboxylic acids is 3. The van der Waals surface area contributed by atoms with Crippen molar-refractivity contribution in [2.75, 3.05) is 19.7 Å². The van der Waals surface area contributed by atoms with Gasteiger partial charge in [0.2, 0.25) is 0 Å². The van der Waals surface area contributed by atoms with Crippen LogP contribution >= 0.6 is 11.6 Å². The predicted molar refractivity (Wildman–Crippen MR) is 94.1 cm³/mol. The highest BCUT2D eigenvalue weighted by atomic mass is 35.5. The molecule has 3 amide bonds. The molecule has 134 valence electrons. The first-order valence-corrected chi connectivity index (χ1v) is 8.76. The van der Waals surface area contributed by atoms with E-state index in [1.54, 1.807) is 24.3 Å². The van der Waals surface area contributed by atoms with Crippen LogP contribution in [-0.4, -0.2) is 47.5 Å². The molecule has 1 aliphatic carbocycles. The lowest BCUT2D eigenvalue weighted by molar-refractivity contribution is -0.130. The summed E-state index contributed by atoms with van der Waals surface area (Å²) in [7, 11) is 0. The van der Waals surface area contributed by atoms with Gasteiger partial charge in [-0.15, -0.1) is 0 Å². The SMILES string of the molecule is O=C(OCC(=O)N1CCNC1=O)c1cc(C2CC2)nc2ccc(Cl)cc12. The molecule has 2 aliphatic rings. The molecule has 7 nitrogen and oxygen atoms in total. The van der Waals surface area contributed by atoms with E-state index in [1.807, 2.05) is 0 Å². The van der Waals surface area contributed by atoms with E-state index in [9.17, 15) is 14.4 Å². The second kappa shape index (κ2) is 6.57. The van der Waals surface area contributed by atoms with Crippen molar-refractivity contribution in [2.45, 2.75) is 18.8 Å². The van der Waals surface area contributed by atoms with Crippen LogP contribution in [0.25, 0.3) is 10.9 Å². The van der Waals surface area contributed by atoms with Gasteiger partial charge in [0.25, 0.3) is 5.91 Å². The van der Waals surface area contributed by atoms with Gasteiger partial charge in [-0.25, -0.2) is 9.59 Å². The summed E-state index contributed by atoms with van der Waals surface area (Å²) >= 11 is 6.05. The topological polar surface area (TPSA) is 88.6 Å². The number of rotatable bonds is 4. The minimum absolute atomic E-state index is 0.273. The number of benzene rings is 1. The molecule has 0 radical (unpaired) electrons. The molecule has 26 heavy (non-hydrogen) atoms. The van der Waals surface area contributed by atoms with Crippen LogP contribution in [0.2, 0.25) is 5.02 Å². The number of ether oxygens (including phenoxy) is 1. The quantitative estimate of drug-likeness (QED) is 0.832. The molecule has 0 spiro atoms. The van der Waals surface area contributed by atoms with E-state index in [1.165, 1.54) is 0 Å². The van der Waals surface area contributed by atoms with E-state index < -0.39 is 24.5 Å². The van der Waals surface area contributed by atoms with E-state index in [4.69, 9.17) is 16.3 Å². The standard InChI is InChI=1S/C18H16ClN3O4/c19-11-3-4-14-12(7-11)13(8-15(21-14)10-1-2-10)17(24)26-9-16(23)22-6-5-20-18(22)25/h3-4,7-8,10H,1-2,5-6,9H2,(H,20,25). The largest absolute Gasteiger partial charge is 0.452 e. The monoisotopic (exact) mass is 373 g/mol. The second-order valence-corrected chi connectivity index (χ2v) is 6.82. The van der Waals surface area contributed by atoms with E-state index in [-0.39, 0.29) is 6.54 Å². The van der Waals surface area contributed by atoms with Crippen LogP contribution < -0.4 is 5.32 Å². The van der Waals surface area contributed by atoms with Crippen LogP contribution in [0.15, 0.2) is 24.3 Å². The van der Waals surface area contributed by atoms with Crippen LogP contribution in [-0.2, 0) is 9.53 Å². The Morgan fingerprint density at radius 3 is 2.81 bits per heavy atom. The number of aromatic nitrogens is 1. The van der Waals surface area contributed by atoms with E-state index >= 15 is 0 Å². The number of esters is 1. The molecule has 0 atom stereocenters. The van der Waals surface area contributed by atoms with Crippen molar-refractivity contribution < 1.29 is 19.1 Å². The van der Waals surface area contributed by atoms with Crippen LogP contribution in [0, 0.1) is 0 Å². The number of nitrogens with one attached hydrogen (secondary N) is 1. The van der Waals surface area contributed by atoms with Crippen LogP contribution in [0.3, 0.4) is 0 Å². The number of nitrogens with zero attached hydrogens (tertiary/aromatic N) is 2. The van der Waals surface area contributed by atoms with Gasteiger partial charge in [0.05, 0.1) is 11.1 Å². The first-order valence-electron chi connectivity index (χ1n) is 8.38. The van der Waals surface area contributed by atoms with Crippen molar-refractivity contribution in [3.63, 3.8) is 0 Å². The Bertz CT molecular complexity index is 926. The Kier molecular flexibility index (Phi) is 4.24.